The van der Waals surface area contributed by atoms with Crippen LogP contribution >= 0.6 is 0 Å². The first kappa shape index (κ1) is 21.4. The molecule has 0 aromatic heterocycles. The molecule has 0 spiro atoms. The van der Waals surface area contributed by atoms with E-state index in [0.717, 1.165) is 16.7 Å². The molecule has 1 aromatic rings. The molecule has 1 fully saturated rings. The van der Waals surface area contributed by atoms with Crippen molar-refractivity contribution in [1.29, 1.82) is 0 Å². The number of amides is 2. The van der Waals surface area contributed by atoms with Crippen LogP contribution in [0.5, 0.6) is 0 Å². The fourth-order valence-electron chi connectivity index (χ4n) is 3.31. The second kappa shape index (κ2) is 8.39. The van der Waals surface area contributed by atoms with Gasteiger partial charge in [0.05, 0.1) is 24.3 Å². The SMILES string of the molecule is CC[C@H](C)[C@H](OS(C)(=O)=O)[C@@H](C)C(=O)N1C(=O)O[C@@H](c2ccccc2)[C@H]1C. The fourth-order valence-corrected chi connectivity index (χ4v) is 4.07. The third kappa shape index (κ3) is 4.87. The van der Waals surface area contributed by atoms with Crippen molar-refractivity contribution in [2.24, 2.45) is 11.8 Å². The summed E-state index contributed by atoms with van der Waals surface area (Å²) in [4.78, 5) is 26.5. The largest absolute Gasteiger partial charge is 0.439 e. The van der Waals surface area contributed by atoms with Crippen molar-refractivity contribution >= 4 is 22.1 Å². The molecule has 0 unspecified atom stereocenters. The number of benzene rings is 1. The summed E-state index contributed by atoms with van der Waals surface area (Å²) in [7, 11) is -3.75. The van der Waals surface area contributed by atoms with Crippen molar-refractivity contribution in [1.82, 2.24) is 4.90 Å². The highest BCUT2D eigenvalue weighted by atomic mass is 32.2. The monoisotopic (exact) mass is 397 g/mol. The first-order valence-electron chi connectivity index (χ1n) is 9.03. The van der Waals surface area contributed by atoms with Crippen molar-refractivity contribution in [3.63, 3.8) is 0 Å². The summed E-state index contributed by atoms with van der Waals surface area (Å²) in [6.07, 6.45) is -0.557. The van der Waals surface area contributed by atoms with Crippen LogP contribution in [0.2, 0.25) is 0 Å². The quantitative estimate of drug-likeness (QED) is 0.657. The van der Waals surface area contributed by atoms with Gasteiger partial charge < -0.3 is 4.74 Å². The first-order chi connectivity index (χ1) is 12.6. The highest BCUT2D eigenvalue weighted by Gasteiger charge is 2.46. The molecule has 7 nitrogen and oxygen atoms in total. The van der Waals surface area contributed by atoms with Crippen LogP contribution in [-0.4, -0.2) is 43.7 Å². The molecule has 8 heteroatoms. The first-order valence-corrected chi connectivity index (χ1v) is 10.8. The normalized spacial score (nSPS) is 23.6. The van der Waals surface area contributed by atoms with E-state index < -0.39 is 46.3 Å². The number of carbonyl (C=O) groups is 2. The topological polar surface area (TPSA) is 90.0 Å². The van der Waals surface area contributed by atoms with Gasteiger partial charge in [0.1, 0.15) is 6.10 Å². The summed E-state index contributed by atoms with van der Waals surface area (Å²) in [5.74, 6) is -1.50. The Hall–Kier alpha value is -1.93. The van der Waals surface area contributed by atoms with Crippen molar-refractivity contribution < 1.29 is 26.9 Å². The summed E-state index contributed by atoms with van der Waals surface area (Å²) in [6.45, 7) is 7.03. The van der Waals surface area contributed by atoms with Crippen LogP contribution in [0.1, 0.15) is 45.8 Å². The molecule has 0 radical (unpaired) electrons. The Balaban J connectivity index is 2.25. The second-order valence-corrected chi connectivity index (χ2v) is 8.70. The zero-order valence-corrected chi connectivity index (χ0v) is 17.1. The van der Waals surface area contributed by atoms with Crippen LogP contribution < -0.4 is 0 Å². The van der Waals surface area contributed by atoms with Crippen LogP contribution in [0, 0.1) is 11.8 Å². The summed E-state index contributed by atoms with van der Waals surface area (Å²) >= 11 is 0. The third-order valence-corrected chi connectivity index (χ3v) is 5.58. The average Bonchev–Trinajstić information content (AvgIpc) is 2.92. The molecular weight excluding hydrogens is 370 g/mol. The molecule has 0 bridgehead atoms. The van der Waals surface area contributed by atoms with Gasteiger partial charge in [-0.05, 0) is 18.4 Å². The van der Waals surface area contributed by atoms with Gasteiger partial charge in [-0.15, -0.1) is 0 Å². The fraction of sp³-hybridized carbons (Fsp3) is 0.579. The Morgan fingerprint density at radius 3 is 2.37 bits per heavy atom. The van der Waals surface area contributed by atoms with Crippen molar-refractivity contribution in [2.75, 3.05) is 6.26 Å². The Bertz CT molecular complexity index is 779. The molecule has 2 rings (SSSR count). The van der Waals surface area contributed by atoms with Gasteiger partial charge in [-0.2, -0.15) is 8.42 Å². The molecule has 1 aliphatic rings. The third-order valence-electron chi connectivity index (χ3n) is 5.01. The lowest BCUT2D eigenvalue weighted by molar-refractivity contribution is -0.136. The van der Waals surface area contributed by atoms with Gasteiger partial charge in [0.2, 0.25) is 5.91 Å². The maximum atomic E-state index is 13.0. The van der Waals surface area contributed by atoms with E-state index in [0.29, 0.717) is 6.42 Å². The summed E-state index contributed by atoms with van der Waals surface area (Å²) in [5.41, 5.74) is 0.798. The van der Waals surface area contributed by atoms with Gasteiger partial charge in [0.25, 0.3) is 10.1 Å². The molecule has 0 aliphatic carbocycles. The van der Waals surface area contributed by atoms with Gasteiger partial charge in [-0.3, -0.25) is 8.98 Å². The predicted octanol–water partition coefficient (Wildman–Crippen LogP) is 3.12. The molecule has 5 atom stereocenters. The maximum absolute atomic E-state index is 13.0. The van der Waals surface area contributed by atoms with Gasteiger partial charge in [-0.25, -0.2) is 9.69 Å². The molecule has 2 amide bonds. The maximum Gasteiger partial charge on any atom is 0.417 e. The smallest absolute Gasteiger partial charge is 0.417 e. The number of imide groups is 1. The van der Waals surface area contributed by atoms with Crippen LogP contribution in [0.3, 0.4) is 0 Å². The minimum atomic E-state index is -3.75. The van der Waals surface area contributed by atoms with Gasteiger partial charge in [-0.1, -0.05) is 57.5 Å². The summed E-state index contributed by atoms with van der Waals surface area (Å²) in [6, 6.07) is 8.69. The van der Waals surface area contributed by atoms with Crippen LogP contribution in [0.25, 0.3) is 0 Å². The van der Waals surface area contributed by atoms with Gasteiger partial charge in [0, 0.05) is 0 Å². The number of hydrogen-bond acceptors (Lipinski definition) is 6. The molecule has 1 aromatic carbocycles. The number of hydrogen-bond donors (Lipinski definition) is 0. The molecule has 1 aliphatic heterocycles. The van der Waals surface area contributed by atoms with Crippen molar-refractivity contribution in [2.45, 2.75) is 52.4 Å². The Morgan fingerprint density at radius 1 is 1.26 bits per heavy atom. The standard InChI is InChI=1S/C19H27NO6S/c1-6-12(2)16(26-27(5,23)24)13(3)18(21)20-14(4)17(25-19(20)22)15-10-8-7-9-11-15/h7-14,16-17H,6H2,1-5H3/t12-,13+,14+,16-,17+/m0/s1. The lowest BCUT2D eigenvalue weighted by Crippen LogP contribution is -2.46. The van der Waals surface area contributed by atoms with Crippen molar-refractivity contribution in [3.8, 4) is 0 Å². The molecule has 0 N–H and O–H groups in total. The minimum Gasteiger partial charge on any atom is -0.439 e. The highest BCUT2D eigenvalue weighted by Crippen LogP contribution is 2.34. The minimum absolute atomic E-state index is 0.183. The lowest BCUT2D eigenvalue weighted by Gasteiger charge is -2.30. The van der Waals surface area contributed by atoms with Crippen LogP contribution in [0.4, 0.5) is 4.79 Å². The van der Waals surface area contributed by atoms with Crippen LogP contribution in [0.15, 0.2) is 30.3 Å². The summed E-state index contributed by atoms with van der Waals surface area (Å²) in [5, 5.41) is 0. The van der Waals surface area contributed by atoms with E-state index in [2.05, 4.69) is 0 Å². The second-order valence-electron chi connectivity index (χ2n) is 7.10. The van der Waals surface area contributed by atoms with E-state index in [4.69, 9.17) is 8.92 Å². The van der Waals surface area contributed by atoms with Gasteiger partial charge in [0.15, 0.2) is 0 Å². The van der Waals surface area contributed by atoms with Crippen LogP contribution in [-0.2, 0) is 23.8 Å². The molecule has 1 heterocycles. The molecule has 27 heavy (non-hydrogen) atoms. The van der Waals surface area contributed by atoms with E-state index in [-0.39, 0.29) is 5.92 Å². The molecule has 1 saturated heterocycles. The van der Waals surface area contributed by atoms with Crippen molar-refractivity contribution in [3.05, 3.63) is 35.9 Å². The zero-order valence-electron chi connectivity index (χ0n) is 16.3. The Kier molecular flexibility index (Phi) is 6.64. The molecule has 0 saturated carbocycles. The van der Waals surface area contributed by atoms with E-state index >= 15 is 0 Å². The average molecular weight is 397 g/mol. The summed E-state index contributed by atoms with van der Waals surface area (Å²) < 4.78 is 33.9. The molecule has 150 valence electrons. The predicted molar refractivity (Wildman–Crippen MR) is 100 cm³/mol. The number of ether oxygens (including phenoxy) is 1. The number of rotatable bonds is 7. The number of nitrogens with zero attached hydrogens (tertiary/aromatic N) is 1. The van der Waals surface area contributed by atoms with E-state index in [9.17, 15) is 18.0 Å². The van der Waals surface area contributed by atoms with E-state index in [1.54, 1.807) is 13.8 Å². The molecular formula is C19H27NO6S. The number of cyclic esters (lactones) is 1. The highest BCUT2D eigenvalue weighted by molar-refractivity contribution is 7.86. The van der Waals surface area contributed by atoms with E-state index in [1.807, 2.05) is 44.2 Å². The number of carbonyl (C=O) groups excluding carboxylic acids is 2. The zero-order chi connectivity index (χ0) is 20.4. The van der Waals surface area contributed by atoms with Gasteiger partial charge >= 0.3 is 6.09 Å². The Morgan fingerprint density at radius 2 is 1.85 bits per heavy atom. The lowest BCUT2D eigenvalue weighted by atomic mass is 9.90. The Labute approximate surface area is 160 Å². The van der Waals surface area contributed by atoms with E-state index in [1.165, 1.54) is 0 Å².